The minimum absolute atomic E-state index is 0.148. The van der Waals surface area contributed by atoms with Crippen LogP contribution in [-0.4, -0.2) is 18.2 Å². The fraction of sp³-hybridized carbons (Fsp3) is 0.269. The molecule has 1 N–H and O–H groups in total. The molecule has 0 bridgehead atoms. The van der Waals surface area contributed by atoms with Crippen LogP contribution in [0.5, 0.6) is 11.5 Å². The molecule has 0 heterocycles. The average molecular weight is 418 g/mol. The molecule has 2 atom stereocenters. The van der Waals surface area contributed by atoms with Gasteiger partial charge in [-0.3, -0.25) is 4.79 Å². The lowest BCUT2D eigenvalue weighted by Crippen LogP contribution is -2.11. The van der Waals surface area contributed by atoms with E-state index in [-0.39, 0.29) is 17.2 Å². The fourth-order valence-corrected chi connectivity index (χ4v) is 4.85. The summed E-state index contributed by atoms with van der Waals surface area (Å²) in [6.07, 6.45) is 2.55. The molecular weight excluding hydrogens is 395 g/mol. The lowest BCUT2D eigenvalue weighted by molar-refractivity contribution is -0.139. The largest absolute Gasteiger partial charge is 0.497 e. The molecule has 5 rings (SSSR count). The topological polar surface area (TPSA) is 55.8 Å². The van der Waals surface area contributed by atoms with Gasteiger partial charge in [0.05, 0.1) is 13.0 Å². The quantitative estimate of drug-likeness (QED) is 0.585. The number of hydrogen-bond donors (Lipinski definition) is 1. The lowest BCUT2D eigenvalue weighted by atomic mass is 9.95. The number of aliphatic carboxylic acids is 1. The molecule has 1 spiro atoms. The summed E-state index contributed by atoms with van der Waals surface area (Å²) in [4.78, 5) is 11.4. The van der Waals surface area contributed by atoms with E-state index in [4.69, 9.17) is 9.47 Å². The van der Waals surface area contributed by atoms with E-state index in [2.05, 4.69) is 0 Å². The number of halogens is 1. The summed E-state index contributed by atoms with van der Waals surface area (Å²) in [7, 11) is 1.56. The van der Waals surface area contributed by atoms with Gasteiger partial charge >= 0.3 is 5.97 Å². The number of carboxylic acids is 1. The molecule has 0 saturated heterocycles. The molecule has 0 aliphatic heterocycles. The Morgan fingerprint density at radius 3 is 2.58 bits per heavy atom. The Hall–Kier alpha value is -3.34. The second-order valence-electron chi connectivity index (χ2n) is 8.40. The summed E-state index contributed by atoms with van der Waals surface area (Å²) < 4.78 is 25.4. The Bertz CT molecular complexity index is 1150. The van der Waals surface area contributed by atoms with Crippen LogP contribution in [0.4, 0.5) is 4.39 Å². The van der Waals surface area contributed by atoms with E-state index >= 15 is 0 Å². The first-order chi connectivity index (χ1) is 15.0. The molecule has 0 unspecified atom stereocenters. The van der Waals surface area contributed by atoms with Crippen molar-refractivity contribution in [2.24, 2.45) is 5.92 Å². The van der Waals surface area contributed by atoms with E-state index in [0.29, 0.717) is 17.9 Å². The standard InChI is InChI=1S/C26H23FO4/c1-30-19-7-9-24(27)21(13-19)17-4-2-16(3-5-17)15-31-20-6-8-22-18(12-20)10-11-26(22)14-23(26)25(28)29/h2-9,12-13,23H,10-11,14-15H2,1H3,(H,28,29)/t23-,26-/m0/s1. The molecule has 1 saturated carbocycles. The Kier molecular flexibility index (Phi) is 4.69. The molecule has 0 radical (unpaired) electrons. The molecule has 3 aromatic carbocycles. The first-order valence-corrected chi connectivity index (χ1v) is 10.4. The highest BCUT2D eigenvalue weighted by Gasteiger charge is 2.61. The van der Waals surface area contributed by atoms with Gasteiger partial charge in [-0.1, -0.05) is 30.3 Å². The maximum Gasteiger partial charge on any atom is 0.307 e. The Balaban J connectivity index is 1.27. The molecule has 4 nitrogen and oxygen atoms in total. The lowest BCUT2D eigenvalue weighted by Gasteiger charge is -2.12. The van der Waals surface area contributed by atoms with Crippen molar-refractivity contribution in [3.8, 4) is 22.6 Å². The molecule has 158 valence electrons. The van der Waals surface area contributed by atoms with E-state index in [1.807, 2.05) is 42.5 Å². The van der Waals surface area contributed by atoms with Crippen LogP contribution in [0.2, 0.25) is 0 Å². The molecule has 3 aromatic rings. The van der Waals surface area contributed by atoms with Gasteiger partial charge in [0.25, 0.3) is 0 Å². The monoisotopic (exact) mass is 418 g/mol. The van der Waals surface area contributed by atoms with Gasteiger partial charge in [0.15, 0.2) is 0 Å². The smallest absolute Gasteiger partial charge is 0.307 e. The second kappa shape index (κ2) is 7.41. The van der Waals surface area contributed by atoms with Crippen molar-refractivity contribution in [2.75, 3.05) is 7.11 Å². The Labute approximate surface area is 180 Å². The molecule has 5 heteroatoms. The Morgan fingerprint density at radius 2 is 1.87 bits per heavy atom. The third kappa shape index (κ3) is 3.44. The number of methoxy groups -OCH3 is 1. The SMILES string of the molecule is COc1ccc(F)c(-c2ccc(COc3ccc4c(c3)CC[C@]43C[C@H]3C(=O)O)cc2)c1. The van der Waals surface area contributed by atoms with Crippen molar-refractivity contribution in [2.45, 2.75) is 31.3 Å². The third-order valence-electron chi connectivity index (χ3n) is 6.67. The minimum atomic E-state index is -0.689. The van der Waals surface area contributed by atoms with Gasteiger partial charge in [-0.25, -0.2) is 4.39 Å². The highest BCUT2D eigenvalue weighted by Crippen LogP contribution is 2.61. The molecule has 1 fully saturated rings. The number of rotatable bonds is 6. The first-order valence-electron chi connectivity index (χ1n) is 10.4. The van der Waals surface area contributed by atoms with Gasteiger partial charge in [0.1, 0.15) is 23.9 Å². The van der Waals surface area contributed by atoms with Gasteiger partial charge in [-0.05, 0) is 71.8 Å². The van der Waals surface area contributed by atoms with Crippen LogP contribution in [-0.2, 0) is 23.2 Å². The maximum atomic E-state index is 14.2. The molecule has 31 heavy (non-hydrogen) atoms. The van der Waals surface area contributed by atoms with Crippen molar-refractivity contribution in [1.29, 1.82) is 0 Å². The van der Waals surface area contributed by atoms with E-state index in [1.54, 1.807) is 19.2 Å². The van der Waals surface area contributed by atoms with Crippen LogP contribution in [0.15, 0.2) is 60.7 Å². The predicted molar refractivity (Wildman–Crippen MR) is 115 cm³/mol. The van der Waals surface area contributed by atoms with Crippen LogP contribution in [0.3, 0.4) is 0 Å². The van der Waals surface area contributed by atoms with Crippen LogP contribution in [0, 0.1) is 11.7 Å². The number of benzene rings is 3. The van der Waals surface area contributed by atoms with Gasteiger partial charge in [-0.2, -0.15) is 0 Å². The second-order valence-corrected chi connectivity index (χ2v) is 8.40. The predicted octanol–water partition coefficient (Wildman–Crippen LogP) is 5.37. The third-order valence-corrected chi connectivity index (χ3v) is 6.67. The van der Waals surface area contributed by atoms with Crippen LogP contribution < -0.4 is 9.47 Å². The summed E-state index contributed by atoms with van der Waals surface area (Å²) in [5, 5.41) is 9.35. The van der Waals surface area contributed by atoms with Crippen molar-refractivity contribution >= 4 is 5.97 Å². The van der Waals surface area contributed by atoms with E-state index in [9.17, 15) is 14.3 Å². The summed E-state index contributed by atoms with van der Waals surface area (Å²) in [5.41, 5.74) is 4.49. The minimum Gasteiger partial charge on any atom is -0.497 e. The highest BCUT2D eigenvalue weighted by molar-refractivity contribution is 5.78. The number of carbonyl (C=O) groups is 1. The number of ether oxygens (including phenoxy) is 2. The van der Waals surface area contributed by atoms with Gasteiger partial charge in [-0.15, -0.1) is 0 Å². The molecule has 0 aromatic heterocycles. The van der Waals surface area contributed by atoms with Crippen molar-refractivity contribution < 1.29 is 23.8 Å². The number of fused-ring (bicyclic) bond motifs is 2. The average Bonchev–Trinajstić information content (AvgIpc) is 3.42. The van der Waals surface area contributed by atoms with Gasteiger partial charge in [0.2, 0.25) is 0 Å². The molecular formula is C26H23FO4. The summed E-state index contributed by atoms with van der Waals surface area (Å²) in [5.74, 6) is 0.176. The number of hydrogen-bond acceptors (Lipinski definition) is 3. The van der Waals surface area contributed by atoms with Crippen molar-refractivity contribution in [3.63, 3.8) is 0 Å². The zero-order chi connectivity index (χ0) is 21.6. The molecule has 2 aliphatic rings. The van der Waals surface area contributed by atoms with E-state index < -0.39 is 5.97 Å². The van der Waals surface area contributed by atoms with Crippen molar-refractivity contribution in [1.82, 2.24) is 0 Å². The normalized spacial score (nSPS) is 21.0. The van der Waals surface area contributed by atoms with Crippen molar-refractivity contribution in [3.05, 3.63) is 83.2 Å². The zero-order valence-electron chi connectivity index (χ0n) is 17.2. The van der Waals surface area contributed by atoms with Crippen LogP contribution in [0.1, 0.15) is 29.5 Å². The first kappa shape index (κ1) is 19.6. The van der Waals surface area contributed by atoms with E-state index in [0.717, 1.165) is 36.1 Å². The highest BCUT2D eigenvalue weighted by atomic mass is 19.1. The summed E-state index contributed by atoms with van der Waals surface area (Å²) >= 11 is 0. The zero-order valence-corrected chi connectivity index (χ0v) is 17.2. The van der Waals surface area contributed by atoms with Gasteiger partial charge in [0, 0.05) is 11.0 Å². The Morgan fingerprint density at radius 1 is 1.10 bits per heavy atom. The number of aryl methyl sites for hydroxylation is 1. The summed E-state index contributed by atoms with van der Waals surface area (Å²) in [6, 6.07) is 18.3. The van der Waals surface area contributed by atoms with Gasteiger partial charge < -0.3 is 14.6 Å². The van der Waals surface area contributed by atoms with Crippen LogP contribution >= 0.6 is 0 Å². The van der Waals surface area contributed by atoms with E-state index in [1.165, 1.54) is 17.2 Å². The molecule has 2 aliphatic carbocycles. The summed E-state index contributed by atoms with van der Waals surface area (Å²) in [6.45, 7) is 0.405. The molecule has 0 amide bonds. The van der Waals surface area contributed by atoms with Crippen LogP contribution in [0.25, 0.3) is 11.1 Å². The number of carboxylic acid groups (broad SMARTS) is 1. The fourth-order valence-electron chi connectivity index (χ4n) is 4.85. The maximum absolute atomic E-state index is 14.2.